The van der Waals surface area contributed by atoms with Crippen LogP contribution in [0.1, 0.15) is 60.5 Å². The molecule has 0 saturated heterocycles. The highest BCUT2D eigenvalue weighted by molar-refractivity contribution is 7.14. The zero-order chi connectivity index (χ0) is 17.9. The molecule has 0 aliphatic heterocycles. The van der Waals surface area contributed by atoms with E-state index >= 15 is 0 Å². The van der Waals surface area contributed by atoms with Gasteiger partial charge in [0.05, 0.1) is 24.2 Å². The van der Waals surface area contributed by atoms with Gasteiger partial charge in [0.15, 0.2) is 0 Å². The summed E-state index contributed by atoms with van der Waals surface area (Å²) in [4.78, 5) is 24.3. The summed E-state index contributed by atoms with van der Waals surface area (Å²) >= 11 is 1.45. The molecule has 24 heavy (non-hydrogen) atoms. The first kappa shape index (κ1) is 20.2. The van der Waals surface area contributed by atoms with Gasteiger partial charge in [-0.1, -0.05) is 26.8 Å². The minimum Gasteiger partial charge on any atom is -0.501 e. The predicted molar refractivity (Wildman–Crippen MR) is 96.5 cm³/mol. The summed E-state index contributed by atoms with van der Waals surface area (Å²) in [5.41, 5.74) is 0. The highest BCUT2D eigenvalue weighted by Crippen LogP contribution is 2.30. The standard InChI is InChI=1S/C18H27NO4S/c1-4-5-10-23-12-14(11-13(2)3)15-6-7-16(24-15)18(22)19-9-8-17(20)21/h5-7,10,13-14H,4,8-9,11-12H2,1-3H3,(H,19,22)(H,20,21)/b10-5+. The number of ether oxygens (including phenoxy) is 1. The van der Waals surface area contributed by atoms with Crippen LogP contribution in [0.15, 0.2) is 24.5 Å². The van der Waals surface area contributed by atoms with Gasteiger partial charge in [0, 0.05) is 17.3 Å². The molecule has 0 radical (unpaired) electrons. The van der Waals surface area contributed by atoms with Gasteiger partial charge in [0.1, 0.15) is 0 Å². The molecule has 5 nitrogen and oxygen atoms in total. The molecule has 0 aromatic carbocycles. The Labute approximate surface area is 147 Å². The van der Waals surface area contributed by atoms with E-state index in [1.807, 2.05) is 12.1 Å². The van der Waals surface area contributed by atoms with E-state index in [0.717, 1.165) is 17.7 Å². The van der Waals surface area contributed by atoms with Gasteiger partial charge in [0.25, 0.3) is 5.91 Å². The van der Waals surface area contributed by atoms with Crippen LogP contribution in [0.25, 0.3) is 0 Å². The Balaban J connectivity index is 2.67. The number of rotatable bonds is 11. The van der Waals surface area contributed by atoms with Gasteiger partial charge in [-0.15, -0.1) is 11.3 Å². The molecule has 0 aliphatic carbocycles. The Morgan fingerprint density at radius 3 is 2.75 bits per heavy atom. The third-order valence-electron chi connectivity index (χ3n) is 3.36. The van der Waals surface area contributed by atoms with Crippen LogP contribution in [0.3, 0.4) is 0 Å². The second-order valence-corrected chi connectivity index (χ2v) is 7.16. The largest absolute Gasteiger partial charge is 0.501 e. The van der Waals surface area contributed by atoms with Crippen molar-refractivity contribution in [3.63, 3.8) is 0 Å². The lowest BCUT2D eigenvalue weighted by Crippen LogP contribution is -2.25. The molecule has 1 rings (SSSR count). The van der Waals surface area contributed by atoms with Crippen molar-refractivity contribution >= 4 is 23.2 Å². The van der Waals surface area contributed by atoms with Crippen molar-refractivity contribution in [1.82, 2.24) is 5.32 Å². The first-order chi connectivity index (χ1) is 11.4. The summed E-state index contributed by atoms with van der Waals surface area (Å²) in [5.74, 6) is -0.361. The molecule has 1 atom stereocenters. The summed E-state index contributed by atoms with van der Waals surface area (Å²) in [5, 5.41) is 11.2. The minimum absolute atomic E-state index is 0.0719. The topological polar surface area (TPSA) is 75.6 Å². The normalized spacial score (nSPS) is 12.5. The third kappa shape index (κ3) is 7.64. The summed E-state index contributed by atoms with van der Waals surface area (Å²) in [6.45, 7) is 7.13. The molecule has 134 valence electrons. The number of hydrogen-bond acceptors (Lipinski definition) is 4. The Bertz CT molecular complexity index is 551. The first-order valence-corrected chi connectivity index (χ1v) is 9.12. The molecule has 1 unspecified atom stereocenters. The fraction of sp³-hybridized carbons (Fsp3) is 0.556. The van der Waals surface area contributed by atoms with Crippen LogP contribution in [-0.2, 0) is 9.53 Å². The molecule has 1 aromatic heterocycles. The third-order valence-corrected chi connectivity index (χ3v) is 4.61. The van der Waals surface area contributed by atoms with Crippen LogP contribution in [-0.4, -0.2) is 30.1 Å². The van der Waals surface area contributed by atoms with Crippen LogP contribution >= 0.6 is 11.3 Å². The highest BCUT2D eigenvalue weighted by Gasteiger charge is 2.18. The number of carboxylic acids is 1. The SMILES string of the molecule is CC/C=C/OCC(CC(C)C)c1ccc(C(=O)NCCC(=O)O)s1. The molecule has 2 N–H and O–H groups in total. The van der Waals surface area contributed by atoms with E-state index < -0.39 is 5.97 Å². The maximum absolute atomic E-state index is 12.0. The monoisotopic (exact) mass is 353 g/mol. The summed E-state index contributed by atoms with van der Waals surface area (Å²) in [6.07, 6.45) is 5.56. The van der Waals surface area contributed by atoms with E-state index in [-0.39, 0.29) is 24.8 Å². The molecular formula is C18H27NO4S. The number of nitrogens with one attached hydrogen (secondary N) is 1. The number of thiophene rings is 1. The Hall–Kier alpha value is -1.82. The molecule has 1 amide bonds. The Morgan fingerprint density at radius 2 is 2.12 bits per heavy atom. The van der Waals surface area contributed by atoms with Gasteiger partial charge < -0.3 is 15.2 Å². The van der Waals surface area contributed by atoms with Gasteiger partial charge in [-0.05, 0) is 30.9 Å². The van der Waals surface area contributed by atoms with Crippen LogP contribution in [0.4, 0.5) is 0 Å². The maximum atomic E-state index is 12.0. The van der Waals surface area contributed by atoms with Crippen LogP contribution in [0.2, 0.25) is 0 Å². The van der Waals surface area contributed by atoms with E-state index in [0.29, 0.717) is 17.4 Å². The van der Waals surface area contributed by atoms with Gasteiger partial charge in [-0.25, -0.2) is 0 Å². The lowest BCUT2D eigenvalue weighted by molar-refractivity contribution is -0.136. The van der Waals surface area contributed by atoms with Crippen LogP contribution in [0, 0.1) is 5.92 Å². The molecule has 0 fully saturated rings. The lowest BCUT2D eigenvalue weighted by Gasteiger charge is -2.17. The molecule has 0 bridgehead atoms. The van der Waals surface area contributed by atoms with E-state index in [9.17, 15) is 9.59 Å². The van der Waals surface area contributed by atoms with E-state index in [2.05, 4.69) is 26.1 Å². The number of carbonyl (C=O) groups excluding carboxylic acids is 1. The van der Waals surface area contributed by atoms with Gasteiger partial charge in [-0.3, -0.25) is 9.59 Å². The smallest absolute Gasteiger partial charge is 0.305 e. The zero-order valence-electron chi connectivity index (χ0n) is 14.6. The first-order valence-electron chi connectivity index (χ1n) is 8.30. The summed E-state index contributed by atoms with van der Waals surface area (Å²) in [7, 11) is 0. The molecule has 0 spiro atoms. The second kappa shape index (κ2) is 10.9. The fourth-order valence-corrected chi connectivity index (χ4v) is 3.26. The Morgan fingerprint density at radius 1 is 1.38 bits per heavy atom. The number of allylic oxidation sites excluding steroid dienone is 1. The second-order valence-electron chi connectivity index (χ2n) is 6.04. The van der Waals surface area contributed by atoms with Crippen molar-refractivity contribution in [3.05, 3.63) is 34.2 Å². The average molecular weight is 353 g/mol. The minimum atomic E-state index is -0.920. The maximum Gasteiger partial charge on any atom is 0.305 e. The zero-order valence-corrected chi connectivity index (χ0v) is 15.4. The molecule has 1 aromatic rings. The van der Waals surface area contributed by atoms with Crippen LogP contribution < -0.4 is 5.32 Å². The van der Waals surface area contributed by atoms with E-state index in [1.54, 1.807) is 12.3 Å². The summed E-state index contributed by atoms with van der Waals surface area (Å²) in [6, 6.07) is 3.77. The highest BCUT2D eigenvalue weighted by atomic mass is 32.1. The number of hydrogen-bond donors (Lipinski definition) is 2. The van der Waals surface area contributed by atoms with Crippen LogP contribution in [0.5, 0.6) is 0 Å². The molecular weight excluding hydrogens is 326 g/mol. The van der Waals surface area contributed by atoms with Gasteiger partial charge in [-0.2, -0.15) is 0 Å². The summed E-state index contributed by atoms with van der Waals surface area (Å²) < 4.78 is 5.61. The van der Waals surface area contributed by atoms with Crippen molar-refractivity contribution < 1.29 is 19.4 Å². The van der Waals surface area contributed by atoms with Crippen molar-refractivity contribution in [2.45, 2.75) is 46.0 Å². The molecule has 1 heterocycles. The number of carboxylic acid groups (broad SMARTS) is 1. The number of aliphatic carboxylic acids is 1. The predicted octanol–water partition coefficient (Wildman–Crippen LogP) is 4.02. The quantitative estimate of drug-likeness (QED) is 0.589. The Kier molecular flexibility index (Phi) is 9.15. The van der Waals surface area contributed by atoms with E-state index in [1.165, 1.54) is 11.3 Å². The van der Waals surface area contributed by atoms with Crippen molar-refractivity contribution in [3.8, 4) is 0 Å². The molecule has 6 heteroatoms. The lowest BCUT2D eigenvalue weighted by atomic mass is 9.96. The van der Waals surface area contributed by atoms with Crippen molar-refractivity contribution in [2.75, 3.05) is 13.2 Å². The van der Waals surface area contributed by atoms with Gasteiger partial charge in [0.2, 0.25) is 0 Å². The van der Waals surface area contributed by atoms with Crippen molar-refractivity contribution in [1.29, 1.82) is 0 Å². The number of carbonyl (C=O) groups is 2. The molecule has 0 aliphatic rings. The fourth-order valence-electron chi connectivity index (χ4n) is 2.24. The average Bonchev–Trinajstić information content (AvgIpc) is 2.99. The molecule has 0 saturated carbocycles. The number of amides is 1. The van der Waals surface area contributed by atoms with E-state index in [4.69, 9.17) is 9.84 Å². The van der Waals surface area contributed by atoms with Crippen molar-refractivity contribution in [2.24, 2.45) is 5.92 Å². The van der Waals surface area contributed by atoms with Gasteiger partial charge >= 0.3 is 5.97 Å².